The molecule has 0 spiro atoms. The summed E-state index contributed by atoms with van der Waals surface area (Å²) in [5, 5.41) is 26.3. The summed E-state index contributed by atoms with van der Waals surface area (Å²) >= 11 is -2.00. The number of nitrogens with zero attached hydrogens (tertiary/aromatic N) is 1. The number of hydrogen-bond donors (Lipinski definition) is 4. The molecule has 0 radical (unpaired) electrons. The predicted molar refractivity (Wildman–Crippen MR) is 90.1 cm³/mol. The average Bonchev–Trinajstić information content (AvgIpc) is 2.56. The molecule has 0 amide bonds. The van der Waals surface area contributed by atoms with Gasteiger partial charge < -0.3 is 20.3 Å². The Morgan fingerprint density at radius 1 is 1.29 bits per heavy atom. The highest BCUT2D eigenvalue weighted by atomic mass is 32.2. The van der Waals surface area contributed by atoms with E-state index in [1.807, 2.05) is 6.92 Å². The molecule has 9 nitrogen and oxygen atoms in total. The second kappa shape index (κ2) is 10.9. The first-order chi connectivity index (χ1) is 11.5. The third kappa shape index (κ3) is 6.81. The Kier molecular flexibility index (Phi) is 9.27. The molecule has 0 heterocycles. The zero-order valence-corrected chi connectivity index (χ0v) is 14.2. The molecule has 1 aromatic carbocycles. The van der Waals surface area contributed by atoms with Gasteiger partial charge in [-0.3, -0.25) is 14.9 Å². The maximum Gasteiger partial charge on any atom is 0.326 e. The van der Waals surface area contributed by atoms with Gasteiger partial charge in [0, 0.05) is 31.8 Å². The quantitative estimate of drug-likeness (QED) is 0.180. The fourth-order valence-corrected chi connectivity index (χ4v) is 2.97. The van der Waals surface area contributed by atoms with E-state index in [1.54, 1.807) is 0 Å². The van der Waals surface area contributed by atoms with Crippen molar-refractivity contribution in [3.63, 3.8) is 0 Å². The van der Waals surface area contributed by atoms with Crippen molar-refractivity contribution in [3.8, 4) is 0 Å². The molecule has 0 fully saturated rings. The Labute approximate surface area is 143 Å². The lowest BCUT2D eigenvalue weighted by atomic mass is 10.3. The Bertz CT molecular complexity index is 546. The van der Waals surface area contributed by atoms with Gasteiger partial charge in [0.25, 0.3) is 4.90 Å². The fraction of sp³-hybridized carbons (Fsp3) is 0.500. The Morgan fingerprint density at radius 3 is 2.58 bits per heavy atom. The number of carbonyl (C=O) groups is 1. The first-order valence-electron chi connectivity index (χ1n) is 7.53. The van der Waals surface area contributed by atoms with Gasteiger partial charge in [-0.25, -0.2) is 0 Å². The molecule has 0 aliphatic carbocycles. The van der Waals surface area contributed by atoms with Crippen LogP contribution in [-0.2, 0) is 16.2 Å². The highest BCUT2D eigenvalue weighted by molar-refractivity contribution is 7.89. The Hall–Kier alpha value is -1.72. The third-order valence-corrected chi connectivity index (χ3v) is 4.31. The number of benzene rings is 1. The molecular weight excluding hydrogens is 336 g/mol. The van der Waals surface area contributed by atoms with Crippen molar-refractivity contribution in [2.24, 2.45) is 0 Å². The van der Waals surface area contributed by atoms with Crippen LogP contribution in [0.4, 0.5) is 5.69 Å². The molecule has 0 bridgehead atoms. The van der Waals surface area contributed by atoms with Gasteiger partial charge in [-0.2, -0.15) is 0 Å². The summed E-state index contributed by atoms with van der Waals surface area (Å²) in [4.78, 5) is 21.5. The van der Waals surface area contributed by atoms with Crippen LogP contribution in [0, 0.1) is 10.1 Å². The van der Waals surface area contributed by atoms with Crippen molar-refractivity contribution >= 4 is 23.0 Å². The van der Waals surface area contributed by atoms with Gasteiger partial charge in [-0.15, -0.1) is 4.72 Å². The van der Waals surface area contributed by atoms with Crippen molar-refractivity contribution in [3.05, 3.63) is 34.4 Å². The van der Waals surface area contributed by atoms with Crippen molar-refractivity contribution in [1.29, 1.82) is 0 Å². The SMILES string of the molecule is CCCNCCNCC(N[S+]([O-])c1ccccc1[N+](=O)[O-])C(=O)O. The lowest BCUT2D eigenvalue weighted by Gasteiger charge is -2.17. The van der Waals surface area contributed by atoms with Crippen molar-refractivity contribution < 1.29 is 19.4 Å². The molecule has 0 aliphatic rings. The number of nitro groups is 1. The summed E-state index contributed by atoms with van der Waals surface area (Å²) in [6, 6.07) is 4.40. The molecule has 2 atom stereocenters. The van der Waals surface area contributed by atoms with Gasteiger partial charge in [0.1, 0.15) is 0 Å². The number of rotatable bonds is 12. The molecule has 0 aromatic heterocycles. The van der Waals surface area contributed by atoms with Crippen LogP contribution in [0.25, 0.3) is 0 Å². The number of hydrogen-bond acceptors (Lipinski definition) is 7. The van der Waals surface area contributed by atoms with Gasteiger partial charge in [0.2, 0.25) is 0 Å². The van der Waals surface area contributed by atoms with Crippen LogP contribution in [0.2, 0.25) is 0 Å². The van der Waals surface area contributed by atoms with Gasteiger partial charge in [-0.05, 0) is 13.0 Å². The molecule has 4 N–H and O–H groups in total. The molecule has 0 aliphatic heterocycles. The first-order valence-corrected chi connectivity index (χ1v) is 8.68. The van der Waals surface area contributed by atoms with Crippen LogP contribution in [0.1, 0.15) is 13.3 Å². The summed E-state index contributed by atoms with van der Waals surface area (Å²) in [6.45, 7) is 4.22. The lowest BCUT2D eigenvalue weighted by Crippen LogP contribution is -2.48. The van der Waals surface area contributed by atoms with Crippen LogP contribution in [0.5, 0.6) is 0 Å². The minimum atomic E-state index is -2.00. The van der Waals surface area contributed by atoms with Crippen molar-refractivity contribution in [1.82, 2.24) is 15.4 Å². The van der Waals surface area contributed by atoms with Crippen LogP contribution in [-0.4, -0.2) is 52.8 Å². The average molecular weight is 358 g/mol. The van der Waals surface area contributed by atoms with E-state index in [0.29, 0.717) is 13.1 Å². The second-order valence-electron chi connectivity index (χ2n) is 4.96. The van der Waals surface area contributed by atoms with E-state index in [0.717, 1.165) is 13.0 Å². The maximum atomic E-state index is 12.3. The second-order valence-corrected chi connectivity index (χ2v) is 6.17. The lowest BCUT2D eigenvalue weighted by molar-refractivity contribution is -0.387. The van der Waals surface area contributed by atoms with E-state index in [-0.39, 0.29) is 17.1 Å². The topological polar surface area (TPSA) is 140 Å². The highest BCUT2D eigenvalue weighted by Crippen LogP contribution is 2.22. The number of aliphatic carboxylic acids is 1. The number of para-hydroxylation sites is 1. The van der Waals surface area contributed by atoms with Gasteiger partial charge in [-0.1, -0.05) is 19.1 Å². The van der Waals surface area contributed by atoms with Crippen LogP contribution in [0.15, 0.2) is 29.2 Å². The number of carboxylic acid groups (broad SMARTS) is 1. The maximum absolute atomic E-state index is 12.3. The summed E-state index contributed by atoms with van der Waals surface area (Å²) in [7, 11) is 0. The number of carboxylic acids is 1. The van der Waals surface area contributed by atoms with E-state index < -0.39 is 28.3 Å². The first kappa shape index (κ1) is 20.3. The summed E-state index contributed by atoms with van der Waals surface area (Å²) in [6.07, 6.45) is 1.01. The normalized spacial score (nSPS) is 13.4. The highest BCUT2D eigenvalue weighted by Gasteiger charge is 2.29. The van der Waals surface area contributed by atoms with Gasteiger partial charge in [0.15, 0.2) is 6.04 Å². The molecule has 134 valence electrons. The van der Waals surface area contributed by atoms with E-state index in [4.69, 9.17) is 0 Å². The Morgan fingerprint density at radius 2 is 1.96 bits per heavy atom. The van der Waals surface area contributed by atoms with E-state index in [9.17, 15) is 24.6 Å². The molecular formula is C14H22N4O5S. The van der Waals surface area contributed by atoms with Crippen LogP contribution >= 0.6 is 0 Å². The summed E-state index contributed by atoms with van der Waals surface area (Å²) in [5.74, 6) is -1.18. The molecule has 1 rings (SSSR count). The standard InChI is InChI=1S/C14H22N4O5S/c1-2-7-15-8-9-16-10-11(14(19)20)17-24(23)13-6-4-3-5-12(13)18(21)22/h3-6,11,15-17H,2,7-10H2,1H3,(H,19,20). The summed E-state index contributed by atoms with van der Waals surface area (Å²) < 4.78 is 14.7. The van der Waals surface area contributed by atoms with Crippen LogP contribution in [0.3, 0.4) is 0 Å². The van der Waals surface area contributed by atoms with Gasteiger partial charge in [0.05, 0.1) is 16.3 Å². The zero-order valence-electron chi connectivity index (χ0n) is 13.4. The minimum absolute atomic E-state index is 0.0511. The largest absolute Gasteiger partial charge is 0.593 e. The van der Waals surface area contributed by atoms with E-state index in [1.165, 1.54) is 24.3 Å². The van der Waals surface area contributed by atoms with Gasteiger partial charge >= 0.3 is 11.7 Å². The molecule has 0 saturated carbocycles. The molecule has 10 heteroatoms. The zero-order chi connectivity index (χ0) is 17.9. The molecule has 1 aromatic rings. The minimum Gasteiger partial charge on any atom is -0.593 e. The summed E-state index contributed by atoms with van der Waals surface area (Å²) in [5.41, 5.74) is -0.316. The van der Waals surface area contributed by atoms with E-state index >= 15 is 0 Å². The Balaban J connectivity index is 2.59. The smallest absolute Gasteiger partial charge is 0.326 e. The van der Waals surface area contributed by atoms with E-state index in [2.05, 4.69) is 15.4 Å². The third-order valence-electron chi connectivity index (χ3n) is 3.06. The molecule has 2 unspecified atom stereocenters. The molecule has 24 heavy (non-hydrogen) atoms. The fourth-order valence-electron chi connectivity index (χ4n) is 1.86. The predicted octanol–water partition coefficient (Wildman–Crippen LogP) is 0.249. The van der Waals surface area contributed by atoms with Crippen molar-refractivity contribution in [2.75, 3.05) is 26.2 Å². The monoisotopic (exact) mass is 358 g/mol. The number of nitrogens with one attached hydrogen (secondary N) is 3. The van der Waals surface area contributed by atoms with Crippen molar-refractivity contribution in [2.45, 2.75) is 24.3 Å². The number of nitro benzene ring substituents is 1. The van der Waals surface area contributed by atoms with Crippen LogP contribution < -0.4 is 15.4 Å². The molecule has 0 saturated heterocycles.